The number of carboxylic acids is 1. The van der Waals surface area contributed by atoms with Gasteiger partial charge in [0.2, 0.25) is 0 Å². The lowest BCUT2D eigenvalue weighted by Gasteiger charge is -2.30. The molecule has 0 fully saturated rings. The molecule has 0 aliphatic heterocycles. The zero-order valence-electron chi connectivity index (χ0n) is 11.6. The number of aliphatic carboxylic acids is 1. The summed E-state index contributed by atoms with van der Waals surface area (Å²) in [7, 11) is 0. The van der Waals surface area contributed by atoms with Gasteiger partial charge in [0.1, 0.15) is 0 Å². The molecule has 0 radical (unpaired) electrons. The predicted octanol–water partition coefficient (Wildman–Crippen LogP) is 2.20. The van der Waals surface area contributed by atoms with Gasteiger partial charge in [-0.3, -0.25) is 9.78 Å². The minimum absolute atomic E-state index is 0.234. The fourth-order valence-corrected chi connectivity index (χ4v) is 2.18. The Kier molecular flexibility index (Phi) is 4.33. The Morgan fingerprint density at radius 1 is 1.19 bits per heavy atom. The summed E-state index contributed by atoms with van der Waals surface area (Å²) in [5.41, 5.74) is -0.585. The van der Waals surface area contributed by atoms with Crippen molar-refractivity contribution >= 4 is 11.9 Å². The van der Waals surface area contributed by atoms with Crippen LogP contribution in [0.1, 0.15) is 29.3 Å². The van der Waals surface area contributed by atoms with E-state index in [2.05, 4.69) is 10.3 Å². The molecule has 5 heteroatoms. The summed E-state index contributed by atoms with van der Waals surface area (Å²) in [6, 6.07) is 11.9. The fraction of sp³-hybridized carbons (Fsp3) is 0.188. The first kappa shape index (κ1) is 14.7. The van der Waals surface area contributed by atoms with Crippen molar-refractivity contribution in [2.24, 2.45) is 0 Å². The molecular formula is C16H16N2O3. The van der Waals surface area contributed by atoms with Gasteiger partial charge in [0.15, 0.2) is 5.54 Å². The topological polar surface area (TPSA) is 79.3 Å². The molecule has 2 aromatic rings. The van der Waals surface area contributed by atoms with Gasteiger partial charge in [-0.15, -0.1) is 0 Å². The predicted molar refractivity (Wildman–Crippen MR) is 77.8 cm³/mol. The van der Waals surface area contributed by atoms with E-state index in [4.69, 9.17) is 0 Å². The van der Waals surface area contributed by atoms with Crippen LogP contribution in [0.5, 0.6) is 0 Å². The summed E-state index contributed by atoms with van der Waals surface area (Å²) in [6.07, 6.45) is 3.19. The zero-order chi connectivity index (χ0) is 15.3. The number of nitrogens with zero attached hydrogens (tertiary/aromatic N) is 1. The molecule has 2 N–H and O–H groups in total. The molecule has 1 aromatic carbocycles. The molecule has 0 saturated carbocycles. The maximum absolute atomic E-state index is 12.3. The number of aromatic nitrogens is 1. The van der Waals surface area contributed by atoms with Crippen molar-refractivity contribution in [3.8, 4) is 0 Å². The summed E-state index contributed by atoms with van der Waals surface area (Å²) in [6.45, 7) is 1.73. The van der Waals surface area contributed by atoms with Crippen LogP contribution in [0, 0.1) is 0 Å². The minimum atomic E-state index is -1.45. The van der Waals surface area contributed by atoms with E-state index in [1.807, 2.05) is 0 Å². The second kappa shape index (κ2) is 6.17. The van der Waals surface area contributed by atoms with Gasteiger partial charge in [0.05, 0.1) is 5.56 Å². The molecule has 0 aliphatic carbocycles. The van der Waals surface area contributed by atoms with Crippen molar-refractivity contribution in [3.63, 3.8) is 0 Å². The number of carbonyl (C=O) groups is 2. The van der Waals surface area contributed by atoms with Gasteiger partial charge in [-0.2, -0.15) is 0 Å². The number of hydrogen-bond acceptors (Lipinski definition) is 3. The van der Waals surface area contributed by atoms with E-state index in [9.17, 15) is 14.7 Å². The van der Waals surface area contributed by atoms with Gasteiger partial charge in [0.25, 0.3) is 5.91 Å². The van der Waals surface area contributed by atoms with E-state index in [0.717, 1.165) is 0 Å². The summed E-state index contributed by atoms with van der Waals surface area (Å²) in [5, 5.41) is 12.3. The molecule has 1 unspecified atom stereocenters. The average molecular weight is 284 g/mol. The van der Waals surface area contributed by atoms with Crippen molar-refractivity contribution in [3.05, 3.63) is 66.0 Å². The standard InChI is InChI=1S/C16H16N2O3/c1-2-16(15(20)21,13-8-4-3-5-9-13)18-14(19)12-7-6-10-17-11-12/h3-11H,2H2,1H3,(H,18,19)(H,20,21). The van der Waals surface area contributed by atoms with Crippen LogP contribution in [0.2, 0.25) is 0 Å². The van der Waals surface area contributed by atoms with Gasteiger partial charge < -0.3 is 10.4 Å². The SMILES string of the molecule is CCC(NC(=O)c1cccnc1)(C(=O)O)c1ccccc1. The number of amides is 1. The quantitative estimate of drug-likeness (QED) is 0.882. The van der Waals surface area contributed by atoms with Crippen LogP contribution in [-0.4, -0.2) is 22.0 Å². The smallest absolute Gasteiger partial charge is 0.334 e. The lowest BCUT2D eigenvalue weighted by molar-refractivity contribution is -0.145. The van der Waals surface area contributed by atoms with E-state index in [1.165, 1.54) is 6.20 Å². The van der Waals surface area contributed by atoms with Gasteiger partial charge in [-0.05, 0) is 24.1 Å². The van der Waals surface area contributed by atoms with Crippen LogP contribution in [-0.2, 0) is 10.3 Å². The lowest BCUT2D eigenvalue weighted by Crippen LogP contribution is -2.51. The van der Waals surface area contributed by atoms with E-state index >= 15 is 0 Å². The Bertz CT molecular complexity index is 628. The molecule has 2 rings (SSSR count). The molecular weight excluding hydrogens is 268 g/mol. The summed E-state index contributed by atoms with van der Waals surface area (Å²) >= 11 is 0. The average Bonchev–Trinajstić information content (AvgIpc) is 2.54. The zero-order valence-corrected chi connectivity index (χ0v) is 11.6. The number of benzene rings is 1. The highest BCUT2D eigenvalue weighted by Gasteiger charge is 2.40. The molecule has 0 bridgehead atoms. The molecule has 1 heterocycles. The Hall–Kier alpha value is -2.69. The molecule has 5 nitrogen and oxygen atoms in total. The summed E-state index contributed by atoms with van der Waals surface area (Å²) in [4.78, 5) is 27.9. The lowest BCUT2D eigenvalue weighted by atomic mass is 9.87. The van der Waals surface area contributed by atoms with Gasteiger partial charge >= 0.3 is 5.97 Å². The van der Waals surface area contributed by atoms with Gasteiger partial charge in [-0.1, -0.05) is 37.3 Å². The molecule has 0 saturated heterocycles. The van der Waals surface area contributed by atoms with Crippen molar-refractivity contribution < 1.29 is 14.7 Å². The second-order valence-electron chi connectivity index (χ2n) is 4.63. The maximum atomic E-state index is 12.3. The summed E-state index contributed by atoms with van der Waals surface area (Å²) < 4.78 is 0. The third kappa shape index (κ3) is 2.91. The highest BCUT2D eigenvalue weighted by atomic mass is 16.4. The third-order valence-electron chi connectivity index (χ3n) is 3.41. The highest BCUT2D eigenvalue weighted by Crippen LogP contribution is 2.26. The van der Waals surface area contributed by atoms with Crippen molar-refractivity contribution in [1.82, 2.24) is 10.3 Å². The van der Waals surface area contributed by atoms with Crippen LogP contribution >= 0.6 is 0 Å². The number of carboxylic acid groups (broad SMARTS) is 1. The Labute approximate surface area is 122 Å². The summed E-state index contributed by atoms with van der Waals surface area (Å²) in [5.74, 6) is -1.55. The minimum Gasteiger partial charge on any atom is -0.479 e. The number of hydrogen-bond donors (Lipinski definition) is 2. The van der Waals surface area contributed by atoms with E-state index in [-0.39, 0.29) is 6.42 Å². The molecule has 0 aliphatic rings. The van der Waals surface area contributed by atoms with Gasteiger partial charge in [0, 0.05) is 12.4 Å². The fourth-order valence-electron chi connectivity index (χ4n) is 2.18. The van der Waals surface area contributed by atoms with Crippen LogP contribution in [0.4, 0.5) is 0 Å². The van der Waals surface area contributed by atoms with Crippen molar-refractivity contribution in [2.75, 3.05) is 0 Å². The number of rotatable bonds is 5. The van der Waals surface area contributed by atoms with Crippen LogP contribution in [0.15, 0.2) is 54.9 Å². The Morgan fingerprint density at radius 3 is 2.43 bits per heavy atom. The Balaban J connectivity index is 2.38. The van der Waals surface area contributed by atoms with Crippen LogP contribution in [0.3, 0.4) is 0 Å². The second-order valence-corrected chi connectivity index (χ2v) is 4.63. The van der Waals surface area contributed by atoms with Crippen LogP contribution < -0.4 is 5.32 Å². The number of pyridine rings is 1. The molecule has 108 valence electrons. The highest BCUT2D eigenvalue weighted by molar-refractivity contribution is 5.97. The van der Waals surface area contributed by atoms with Crippen molar-refractivity contribution in [2.45, 2.75) is 18.9 Å². The first-order valence-electron chi connectivity index (χ1n) is 6.61. The molecule has 1 amide bonds. The Morgan fingerprint density at radius 2 is 1.90 bits per heavy atom. The largest absolute Gasteiger partial charge is 0.479 e. The first-order valence-corrected chi connectivity index (χ1v) is 6.61. The van der Waals surface area contributed by atoms with Crippen molar-refractivity contribution in [1.29, 1.82) is 0 Å². The van der Waals surface area contributed by atoms with Gasteiger partial charge in [-0.25, -0.2) is 4.79 Å². The molecule has 1 aromatic heterocycles. The normalized spacial score (nSPS) is 13.2. The van der Waals surface area contributed by atoms with E-state index < -0.39 is 17.4 Å². The number of carbonyl (C=O) groups excluding carboxylic acids is 1. The monoisotopic (exact) mass is 284 g/mol. The number of nitrogens with one attached hydrogen (secondary N) is 1. The van der Waals surface area contributed by atoms with E-state index in [0.29, 0.717) is 11.1 Å². The first-order chi connectivity index (χ1) is 10.1. The molecule has 1 atom stereocenters. The molecule has 21 heavy (non-hydrogen) atoms. The third-order valence-corrected chi connectivity index (χ3v) is 3.41. The maximum Gasteiger partial charge on any atom is 0.334 e. The molecule has 0 spiro atoms. The van der Waals surface area contributed by atoms with Crippen LogP contribution in [0.25, 0.3) is 0 Å². The van der Waals surface area contributed by atoms with E-state index in [1.54, 1.807) is 55.6 Å².